The van der Waals surface area contributed by atoms with Crippen molar-refractivity contribution in [2.75, 3.05) is 32.1 Å². The van der Waals surface area contributed by atoms with Crippen LogP contribution in [0.3, 0.4) is 0 Å². The lowest BCUT2D eigenvalue weighted by molar-refractivity contribution is 0.0780. The number of rotatable bonds is 6. The predicted molar refractivity (Wildman–Crippen MR) is 105 cm³/mol. The van der Waals surface area contributed by atoms with Gasteiger partial charge in [0.25, 0.3) is 5.91 Å². The zero-order valence-corrected chi connectivity index (χ0v) is 15.8. The average molecular weight is 352 g/mol. The summed E-state index contributed by atoms with van der Waals surface area (Å²) in [5.41, 5.74) is 4.06. The molecular formula is C22H28N2O2. The SMILES string of the molecule is COCc1ccccc1C(=O)N(C)Cc1ccc(N2CCCCC2)cc1. The van der Waals surface area contributed by atoms with Crippen LogP contribution in [-0.2, 0) is 17.9 Å². The second kappa shape index (κ2) is 8.86. The van der Waals surface area contributed by atoms with Gasteiger partial charge in [-0.25, -0.2) is 0 Å². The van der Waals surface area contributed by atoms with Gasteiger partial charge in [0, 0.05) is 45.0 Å². The number of anilines is 1. The van der Waals surface area contributed by atoms with Crippen LogP contribution in [0.1, 0.15) is 40.7 Å². The summed E-state index contributed by atoms with van der Waals surface area (Å²) in [5, 5.41) is 0. The van der Waals surface area contributed by atoms with E-state index in [1.54, 1.807) is 12.0 Å². The lowest BCUT2D eigenvalue weighted by atomic mass is 10.1. The number of carbonyl (C=O) groups excluding carboxylic acids is 1. The van der Waals surface area contributed by atoms with Crippen LogP contribution >= 0.6 is 0 Å². The topological polar surface area (TPSA) is 32.8 Å². The van der Waals surface area contributed by atoms with Gasteiger partial charge in [-0.3, -0.25) is 4.79 Å². The first-order chi connectivity index (χ1) is 12.7. The molecule has 4 heteroatoms. The quantitative estimate of drug-likeness (QED) is 0.785. The van der Waals surface area contributed by atoms with Crippen molar-refractivity contribution < 1.29 is 9.53 Å². The van der Waals surface area contributed by atoms with Gasteiger partial charge in [0.05, 0.1) is 6.61 Å². The summed E-state index contributed by atoms with van der Waals surface area (Å²) in [6.07, 6.45) is 3.89. The summed E-state index contributed by atoms with van der Waals surface area (Å²) >= 11 is 0. The maximum Gasteiger partial charge on any atom is 0.254 e. The Kier molecular flexibility index (Phi) is 6.29. The number of hydrogen-bond donors (Lipinski definition) is 0. The van der Waals surface area contributed by atoms with E-state index >= 15 is 0 Å². The lowest BCUT2D eigenvalue weighted by Crippen LogP contribution is -2.29. The molecule has 0 aliphatic carbocycles. The van der Waals surface area contributed by atoms with Crippen molar-refractivity contribution in [3.63, 3.8) is 0 Å². The molecule has 0 radical (unpaired) electrons. The second-order valence-corrected chi connectivity index (χ2v) is 6.97. The molecule has 4 nitrogen and oxygen atoms in total. The van der Waals surface area contributed by atoms with E-state index in [2.05, 4.69) is 29.2 Å². The van der Waals surface area contributed by atoms with E-state index in [0.29, 0.717) is 18.7 Å². The maximum atomic E-state index is 12.8. The van der Waals surface area contributed by atoms with Gasteiger partial charge in [-0.15, -0.1) is 0 Å². The van der Waals surface area contributed by atoms with E-state index < -0.39 is 0 Å². The summed E-state index contributed by atoms with van der Waals surface area (Å²) in [6.45, 7) is 3.34. The predicted octanol–water partition coefficient (Wildman–Crippen LogP) is 4.10. The Morgan fingerprint density at radius 1 is 1.04 bits per heavy atom. The number of ether oxygens (including phenoxy) is 1. The first-order valence-corrected chi connectivity index (χ1v) is 9.35. The molecule has 2 aromatic rings. The number of amides is 1. The van der Waals surface area contributed by atoms with Gasteiger partial charge in [0.1, 0.15) is 0 Å². The summed E-state index contributed by atoms with van der Waals surface area (Å²) in [7, 11) is 3.50. The van der Waals surface area contributed by atoms with Crippen LogP contribution in [-0.4, -0.2) is 38.1 Å². The molecule has 0 saturated carbocycles. The molecule has 138 valence electrons. The third-order valence-electron chi connectivity index (χ3n) is 4.97. The van der Waals surface area contributed by atoms with Crippen LogP contribution < -0.4 is 4.90 Å². The van der Waals surface area contributed by atoms with Gasteiger partial charge >= 0.3 is 0 Å². The maximum absolute atomic E-state index is 12.8. The highest BCUT2D eigenvalue weighted by atomic mass is 16.5. The van der Waals surface area contributed by atoms with Crippen LogP contribution in [0, 0.1) is 0 Å². The van der Waals surface area contributed by atoms with E-state index in [9.17, 15) is 4.79 Å². The second-order valence-electron chi connectivity index (χ2n) is 6.97. The Hall–Kier alpha value is -2.33. The molecule has 1 fully saturated rings. The van der Waals surface area contributed by atoms with Gasteiger partial charge in [-0.05, 0) is 48.6 Å². The molecule has 1 aliphatic rings. The van der Waals surface area contributed by atoms with Gasteiger partial charge in [0.2, 0.25) is 0 Å². The van der Waals surface area contributed by atoms with Crippen molar-refractivity contribution in [1.29, 1.82) is 0 Å². The van der Waals surface area contributed by atoms with Crippen molar-refractivity contribution in [1.82, 2.24) is 4.90 Å². The van der Waals surface area contributed by atoms with Crippen LogP contribution in [0.4, 0.5) is 5.69 Å². The standard InChI is InChI=1S/C22H28N2O2/c1-23(22(25)21-9-5-4-8-19(21)17-26-2)16-18-10-12-20(13-11-18)24-14-6-3-7-15-24/h4-5,8-13H,3,6-7,14-17H2,1-2H3. The third kappa shape index (κ3) is 4.44. The molecule has 0 spiro atoms. The molecule has 0 unspecified atom stereocenters. The van der Waals surface area contributed by atoms with Gasteiger partial charge < -0.3 is 14.5 Å². The molecule has 26 heavy (non-hydrogen) atoms. The summed E-state index contributed by atoms with van der Waals surface area (Å²) < 4.78 is 5.21. The largest absolute Gasteiger partial charge is 0.380 e. The fourth-order valence-corrected chi connectivity index (χ4v) is 3.53. The molecule has 0 bridgehead atoms. The Bertz CT molecular complexity index is 721. The highest BCUT2D eigenvalue weighted by molar-refractivity contribution is 5.95. The van der Waals surface area contributed by atoms with Gasteiger partial charge in [-0.1, -0.05) is 30.3 Å². The minimum atomic E-state index is 0.0257. The number of benzene rings is 2. The Morgan fingerprint density at radius 2 is 1.73 bits per heavy atom. The highest BCUT2D eigenvalue weighted by Gasteiger charge is 2.16. The zero-order chi connectivity index (χ0) is 18.4. The monoisotopic (exact) mass is 352 g/mol. The van der Waals surface area contributed by atoms with Crippen molar-refractivity contribution in [2.45, 2.75) is 32.4 Å². The van der Waals surface area contributed by atoms with E-state index in [1.165, 1.54) is 24.9 Å². The van der Waals surface area contributed by atoms with Crippen LogP contribution in [0.5, 0.6) is 0 Å². The molecule has 1 heterocycles. The Labute approximate surface area is 156 Å². The smallest absolute Gasteiger partial charge is 0.254 e. The lowest BCUT2D eigenvalue weighted by Gasteiger charge is -2.29. The van der Waals surface area contributed by atoms with E-state index in [0.717, 1.165) is 24.2 Å². The van der Waals surface area contributed by atoms with Crippen molar-refractivity contribution in [3.05, 3.63) is 65.2 Å². The number of hydrogen-bond acceptors (Lipinski definition) is 3. The molecule has 1 amide bonds. The Balaban J connectivity index is 1.65. The fraction of sp³-hybridized carbons (Fsp3) is 0.409. The normalized spacial score (nSPS) is 14.3. The molecule has 0 aromatic heterocycles. The molecule has 1 aliphatic heterocycles. The third-order valence-corrected chi connectivity index (χ3v) is 4.97. The molecule has 1 saturated heterocycles. The average Bonchev–Trinajstić information content (AvgIpc) is 2.69. The van der Waals surface area contributed by atoms with Crippen LogP contribution in [0.2, 0.25) is 0 Å². The number of methoxy groups -OCH3 is 1. The first-order valence-electron chi connectivity index (χ1n) is 9.35. The molecular weight excluding hydrogens is 324 g/mol. The van der Waals surface area contributed by atoms with E-state index in [4.69, 9.17) is 4.74 Å². The minimum Gasteiger partial charge on any atom is -0.380 e. The Morgan fingerprint density at radius 3 is 2.42 bits per heavy atom. The summed E-state index contributed by atoms with van der Waals surface area (Å²) in [5.74, 6) is 0.0257. The minimum absolute atomic E-state index is 0.0257. The number of piperidine rings is 1. The molecule has 2 aromatic carbocycles. The van der Waals surface area contributed by atoms with Crippen LogP contribution in [0.25, 0.3) is 0 Å². The number of nitrogens with zero attached hydrogens (tertiary/aromatic N) is 2. The van der Waals surface area contributed by atoms with Crippen LogP contribution in [0.15, 0.2) is 48.5 Å². The summed E-state index contributed by atoms with van der Waals surface area (Å²) in [6, 6.07) is 16.3. The highest BCUT2D eigenvalue weighted by Crippen LogP contribution is 2.21. The van der Waals surface area contributed by atoms with Crippen molar-refractivity contribution in [3.8, 4) is 0 Å². The van der Waals surface area contributed by atoms with Gasteiger partial charge in [0.15, 0.2) is 0 Å². The van der Waals surface area contributed by atoms with E-state index in [-0.39, 0.29) is 5.91 Å². The first kappa shape index (κ1) is 18.5. The molecule has 3 rings (SSSR count). The molecule has 0 atom stereocenters. The zero-order valence-electron chi connectivity index (χ0n) is 15.8. The summed E-state index contributed by atoms with van der Waals surface area (Å²) in [4.78, 5) is 17.0. The van der Waals surface area contributed by atoms with Gasteiger partial charge in [-0.2, -0.15) is 0 Å². The fourth-order valence-electron chi connectivity index (χ4n) is 3.53. The molecule has 0 N–H and O–H groups in total. The van der Waals surface area contributed by atoms with Crippen molar-refractivity contribution in [2.24, 2.45) is 0 Å². The van der Waals surface area contributed by atoms with E-state index in [1.807, 2.05) is 31.3 Å². The number of carbonyl (C=O) groups is 1. The van der Waals surface area contributed by atoms with Crippen molar-refractivity contribution >= 4 is 11.6 Å².